The summed E-state index contributed by atoms with van der Waals surface area (Å²) in [6, 6.07) is 2.13. The molecule has 0 unspecified atom stereocenters. The third-order valence-corrected chi connectivity index (χ3v) is 4.05. The van der Waals surface area contributed by atoms with E-state index in [1.165, 1.54) is 16.7 Å². The largest absolute Gasteiger partial charge is 0.493 e. The summed E-state index contributed by atoms with van der Waals surface area (Å²) in [6.07, 6.45) is 3.31. The lowest BCUT2D eigenvalue weighted by Crippen LogP contribution is -2.26. The maximum Gasteiger partial charge on any atom is 0.220 e. The van der Waals surface area contributed by atoms with Crippen molar-refractivity contribution in [2.45, 2.75) is 39.5 Å². The summed E-state index contributed by atoms with van der Waals surface area (Å²) in [4.78, 5) is 11.7. The van der Waals surface area contributed by atoms with Crippen molar-refractivity contribution < 1.29 is 14.3 Å². The molecule has 4 heteroatoms. The smallest absolute Gasteiger partial charge is 0.220 e. The van der Waals surface area contributed by atoms with Crippen LogP contribution in [0.25, 0.3) is 0 Å². The molecule has 0 aromatic heterocycles. The molecule has 3 rings (SSSR count). The van der Waals surface area contributed by atoms with Gasteiger partial charge in [0.15, 0.2) is 0 Å². The molecule has 2 heterocycles. The fourth-order valence-corrected chi connectivity index (χ4v) is 3.12. The first-order chi connectivity index (χ1) is 10.1. The fourth-order valence-electron chi connectivity index (χ4n) is 3.12. The molecule has 2 aliphatic rings. The molecule has 0 atom stereocenters. The molecule has 2 aliphatic heterocycles. The van der Waals surface area contributed by atoms with Gasteiger partial charge in [0.2, 0.25) is 5.91 Å². The minimum atomic E-state index is 0.131. The van der Waals surface area contributed by atoms with Crippen LogP contribution in [0.2, 0.25) is 0 Å². The van der Waals surface area contributed by atoms with Gasteiger partial charge in [0.05, 0.1) is 13.2 Å². The molecule has 0 saturated carbocycles. The monoisotopic (exact) mass is 289 g/mol. The van der Waals surface area contributed by atoms with Crippen molar-refractivity contribution in [1.82, 2.24) is 5.32 Å². The second kappa shape index (κ2) is 5.96. The zero-order chi connectivity index (χ0) is 14.8. The Kier molecular flexibility index (Phi) is 4.04. The van der Waals surface area contributed by atoms with Crippen LogP contribution in [-0.2, 0) is 24.1 Å². The third-order valence-electron chi connectivity index (χ3n) is 4.05. The second-order valence-electron chi connectivity index (χ2n) is 6.21. The van der Waals surface area contributed by atoms with Gasteiger partial charge in [-0.25, -0.2) is 0 Å². The van der Waals surface area contributed by atoms with E-state index in [0.717, 1.165) is 44.0 Å². The molecule has 21 heavy (non-hydrogen) atoms. The van der Waals surface area contributed by atoms with E-state index in [4.69, 9.17) is 9.47 Å². The Morgan fingerprint density at radius 2 is 2.10 bits per heavy atom. The van der Waals surface area contributed by atoms with Gasteiger partial charge in [-0.05, 0) is 18.4 Å². The summed E-state index contributed by atoms with van der Waals surface area (Å²) in [5.41, 5.74) is 3.76. The zero-order valence-corrected chi connectivity index (χ0v) is 12.8. The van der Waals surface area contributed by atoms with Gasteiger partial charge >= 0.3 is 0 Å². The molecule has 1 N–H and O–H groups in total. The number of hydrogen-bond donors (Lipinski definition) is 1. The van der Waals surface area contributed by atoms with Gasteiger partial charge in [-0.15, -0.1) is 0 Å². The Labute approximate surface area is 125 Å². The number of carbonyl (C=O) groups excluding carboxylic acids is 1. The lowest BCUT2D eigenvalue weighted by atomic mass is 9.97. The Bertz CT molecular complexity index is 519. The number of benzene rings is 1. The van der Waals surface area contributed by atoms with Crippen LogP contribution in [-0.4, -0.2) is 25.7 Å². The molecule has 1 aromatic rings. The Morgan fingerprint density at radius 3 is 2.90 bits per heavy atom. The van der Waals surface area contributed by atoms with Crippen LogP contribution in [0.1, 0.15) is 37.0 Å². The first-order valence-electron chi connectivity index (χ1n) is 7.85. The van der Waals surface area contributed by atoms with Crippen molar-refractivity contribution in [2.75, 3.05) is 19.8 Å². The highest BCUT2D eigenvalue weighted by Gasteiger charge is 2.26. The number of fused-ring (bicyclic) bond motifs is 2. The SMILES string of the molecule is CC(C)CC(=O)NCCc1c2c(cc3c1OCC3)OCC2. The zero-order valence-electron chi connectivity index (χ0n) is 12.8. The summed E-state index contributed by atoms with van der Waals surface area (Å²) in [7, 11) is 0. The molecule has 1 amide bonds. The van der Waals surface area contributed by atoms with Crippen molar-refractivity contribution in [3.05, 3.63) is 22.8 Å². The van der Waals surface area contributed by atoms with Crippen molar-refractivity contribution >= 4 is 5.91 Å². The maximum absolute atomic E-state index is 11.7. The fraction of sp³-hybridized carbons (Fsp3) is 0.588. The second-order valence-corrected chi connectivity index (χ2v) is 6.21. The Hall–Kier alpha value is -1.71. The average molecular weight is 289 g/mol. The molecule has 1 aromatic carbocycles. The number of nitrogens with one attached hydrogen (secondary N) is 1. The molecular weight excluding hydrogens is 266 g/mol. The van der Waals surface area contributed by atoms with Gasteiger partial charge in [-0.3, -0.25) is 4.79 Å². The standard InChI is InChI=1S/C17H23NO3/c1-11(2)9-16(19)18-6-3-14-13-5-8-20-15(13)10-12-4-7-21-17(12)14/h10-11H,3-9H2,1-2H3,(H,18,19). The van der Waals surface area contributed by atoms with Crippen LogP contribution < -0.4 is 14.8 Å². The topological polar surface area (TPSA) is 47.6 Å². The lowest BCUT2D eigenvalue weighted by Gasteiger charge is -2.13. The summed E-state index contributed by atoms with van der Waals surface area (Å²) >= 11 is 0. The molecular formula is C17H23NO3. The van der Waals surface area contributed by atoms with E-state index in [0.29, 0.717) is 18.9 Å². The van der Waals surface area contributed by atoms with Crippen LogP contribution in [0.15, 0.2) is 6.07 Å². The maximum atomic E-state index is 11.7. The first kappa shape index (κ1) is 14.2. The molecule has 0 saturated heterocycles. The summed E-state index contributed by atoms with van der Waals surface area (Å²) < 4.78 is 11.5. The molecule has 0 fully saturated rings. The summed E-state index contributed by atoms with van der Waals surface area (Å²) in [5, 5.41) is 3.01. The molecule has 114 valence electrons. The molecule has 0 aliphatic carbocycles. The number of rotatable bonds is 5. The van der Waals surface area contributed by atoms with Crippen molar-refractivity contribution in [1.29, 1.82) is 0 Å². The average Bonchev–Trinajstić information content (AvgIpc) is 3.04. The van der Waals surface area contributed by atoms with Crippen LogP contribution in [0, 0.1) is 5.92 Å². The minimum absolute atomic E-state index is 0.131. The van der Waals surface area contributed by atoms with E-state index in [9.17, 15) is 4.79 Å². The Balaban J connectivity index is 1.70. The highest BCUT2D eigenvalue weighted by Crippen LogP contribution is 2.40. The number of carbonyl (C=O) groups is 1. The molecule has 4 nitrogen and oxygen atoms in total. The van der Waals surface area contributed by atoms with E-state index in [1.54, 1.807) is 0 Å². The van der Waals surface area contributed by atoms with Gasteiger partial charge in [0, 0.05) is 42.5 Å². The predicted octanol–water partition coefficient (Wildman–Crippen LogP) is 2.26. The van der Waals surface area contributed by atoms with Crippen LogP contribution in [0.5, 0.6) is 11.5 Å². The molecule has 0 bridgehead atoms. The van der Waals surface area contributed by atoms with Crippen molar-refractivity contribution in [2.24, 2.45) is 5.92 Å². The van der Waals surface area contributed by atoms with Crippen molar-refractivity contribution in [3.8, 4) is 11.5 Å². The highest BCUT2D eigenvalue weighted by atomic mass is 16.5. The van der Waals surface area contributed by atoms with Crippen LogP contribution in [0.3, 0.4) is 0 Å². The van der Waals surface area contributed by atoms with Crippen LogP contribution >= 0.6 is 0 Å². The Morgan fingerprint density at radius 1 is 1.29 bits per heavy atom. The normalized spacial score (nSPS) is 15.4. The van der Waals surface area contributed by atoms with Crippen molar-refractivity contribution in [3.63, 3.8) is 0 Å². The van der Waals surface area contributed by atoms with E-state index in [-0.39, 0.29) is 5.91 Å². The van der Waals surface area contributed by atoms with E-state index in [2.05, 4.69) is 25.2 Å². The summed E-state index contributed by atoms with van der Waals surface area (Å²) in [6.45, 7) is 6.29. The van der Waals surface area contributed by atoms with Gasteiger partial charge in [-0.1, -0.05) is 13.8 Å². The quantitative estimate of drug-likeness (QED) is 0.904. The molecule has 0 radical (unpaired) electrons. The van der Waals surface area contributed by atoms with E-state index < -0.39 is 0 Å². The van der Waals surface area contributed by atoms with Gasteiger partial charge in [-0.2, -0.15) is 0 Å². The summed E-state index contributed by atoms with van der Waals surface area (Å²) in [5.74, 6) is 2.58. The highest BCUT2D eigenvalue weighted by molar-refractivity contribution is 5.76. The van der Waals surface area contributed by atoms with Crippen LogP contribution in [0.4, 0.5) is 0 Å². The number of hydrogen-bond acceptors (Lipinski definition) is 3. The van der Waals surface area contributed by atoms with E-state index in [1.807, 2.05) is 0 Å². The first-order valence-corrected chi connectivity index (χ1v) is 7.85. The van der Waals surface area contributed by atoms with Gasteiger partial charge in [0.1, 0.15) is 11.5 Å². The third kappa shape index (κ3) is 2.99. The number of amides is 1. The van der Waals surface area contributed by atoms with Gasteiger partial charge in [0.25, 0.3) is 0 Å². The molecule has 0 spiro atoms. The minimum Gasteiger partial charge on any atom is -0.493 e. The lowest BCUT2D eigenvalue weighted by molar-refractivity contribution is -0.121. The van der Waals surface area contributed by atoms with Gasteiger partial charge < -0.3 is 14.8 Å². The van der Waals surface area contributed by atoms with E-state index >= 15 is 0 Å². The predicted molar refractivity (Wildman–Crippen MR) is 81.0 cm³/mol. The number of ether oxygens (including phenoxy) is 2.